The molecule has 6 nitrogen and oxygen atoms in total. The smallest absolute Gasteiger partial charge is 0.191 e. The van der Waals surface area contributed by atoms with Crippen LogP contribution >= 0.6 is 0 Å². The number of nitrogens with one attached hydrogen (secondary N) is 2. The van der Waals surface area contributed by atoms with E-state index in [4.69, 9.17) is 0 Å². The summed E-state index contributed by atoms with van der Waals surface area (Å²) in [5, 5.41) is 11.2. The lowest BCUT2D eigenvalue weighted by atomic mass is 10.1. The van der Waals surface area contributed by atoms with Crippen LogP contribution in [0.3, 0.4) is 0 Å². The molecular formula is C20H30N6. The molecule has 1 saturated heterocycles. The molecule has 2 heterocycles. The number of aryl methyl sites for hydroxylation is 1. The third-order valence-corrected chi connectivity index (χ3v) is 4.85. The second-order valence-corrected chi connectivity index (χ2v) is 6.83. The average molecular weight is 355 g/mol. The van der Waals surface area contributed by atoms with Crippen molar-refractivity contribution >= 4 is 5.96 Å². The maximum atomic E-state index is 4.36. The van der Waals surface area contributed by atoms with Crippen molar-refractivity contribution in [2.45, 2.75) is 32.4 Å². The quantitative estimate of drug-likeness (QED) is 0.591. The van der Waals surface area contributed by atoms with Crippen LogP contribution in [0.2, 0.25) is 0 Å². The molecule has 0 amide bonds. The highest BCUT2D eigenvalue weighted by Gasteiger charge is 2.23. The Kier molecular flexibility index (Phi) is 6.66. The van der Waals surface area contributed by atoms with E-state index in [1.54, 1.807) is 0 Å². The van der Waals surface area contributed by atoms with E-state index in [0.29, 0.717) is 6.04 Å². The van der Waals surface area contributed by atoms with Gasteiger partial charge in [-0.15, -0.1) is 0 Å². The number of guanidine groups is 1. The third-order valence-electron chi connectivity index (χ3n) is 4.85. The molecule has 140 valence electrons. The Bertz CT molecular complexity index is 687. The van der Waals surface area contributed by atoms with Crippen molar-refractivity contribution in [3.8, 4) is 0 Å². The average Bonchev–Trinajstić information content (AvgIpc) is 3.33. The molecule has 1 atom stereocenters. The van der Waals surface area contributed by atoms with Crippen LogP contribution in [0.5, 0.6) is 0 Å². The van der Waals surface area contributed by atoms with Crippen molar-refractivity contribution in [2.75, 3.05) is 33.2 Å². The van der Waals surface area contributed by atoms with Gasteiger partial charge in [-0.2, -0.15) is 5.10 Å². The topological polar surface area (TPSA) is 57.5 Å². The fourth-order valence-corrected chi connectivity index (χ4v) is 3.48. The first-order valence-corrected chi connectivity index (χ1v) is 9.49. The maximum absolute atomic E-state index is 4.36. The molecule has 0 saturated carbocycles. The molecule has 3 rings (SSSR count). The SMILES string of the molecule is CN=C(NCCn1cc(C)cn1)NCC(c1ccccc1)N1CCCC1. The molecule has 1 aromatic carbocycles. The number of benzene rings is 1. The highest BCUT2D eigenvalue weighted by Crippen LogP contribution is 2.24. The Balaban J connectivity index is 1.53. The predicted octanol–water partition coefficient (Wildman–Crippen LogP) is 2.19. The van der Waals surface area contributed by atoms with Gasteiger partial charge in [0.1, 0.15) is 0 Å². The molecule has 2 N–H and O–H groups in total. The van der Waals surface area contributed by atoms with Gasteiger partial charge in [0, 0.05) is 26.3 Å². The molecule has 0 bridgehead atoms. The van der Waals surface area contributed by atoms with Crippen molar-refractivity contribution < 1.29 is 0 Å². The molecular weight excluding hydrogens is 324 g/mol. The maximum Gasteiger partial charge on any atom is 0.191 e. The van der Waals surface area contributed by atoms with Crippen molar-refractivity contribution in [2.24, 2.45) is 4.99 Å². The molecule has 1 fully saturated rings. The van der Waals surface area contributed by atoms with Crippen LogP contribution in [0, 0.1) is 6.92 Å². The van der Waals surface area contributed by atoms with Gasteiger partial charge in [0.05, 0.1) is 18.8 Å². The molecule has 1 aliphatic heterocycles. The number of aromatic nitrogens is 2. The molecule has 2 aromatic rings. The van der Waals surface area contributed by atoms with E-state index in [2.05, 4.69) is 69.1 Å². The summed E-state index contributed by atoms with van der Waals surface area (Å²) < 4.78 is 1.95. The summed E-state index contributed by atoms with van der Waals surface area (Å²) in [5.41, 5.74) is 2.55. The van der Waals surface area contributed by atoms with Crippen LogP contribution < -0.4 is 10.6 Å². The van der Waals surface area contributed by atoms with E-state index in [9.17, 15) is 0 Å². The third kappa shape index (κ3) is 5.08. The molecule has 0 aliphatic carbocycles. The summed E-state index contributed by atoms with van der Waals surface area (Å²) >= 11 is 0. The Morgan fingerprint density at radius 3 is 2.62 bits per heavy atom. The lowest BCUT2D eigenvalue weighted by Gasteiger charge is -2.29. The van der Waals surface area contributed by atoms with E-state index in [0.717, 1.165) is 25.6 Å². The number of likely N-dealkylation sites (tertiary alicyclic amines) is 1. The predicted molar refractivity (Wildman–Crippen MR) is 106 cm³/mol. The Labute approximate surface area is 156 Å². The van der Waals surface area contributed by atoms with Gasteiger partial charge in [-0.05, 0) is 44.0 Å². The van der Waals surface area contributed by atoms with Gasteiger partial charge in [-0.1, -0.05) is 30.3 Å². The Morgan fingerprint density at radius 2 is 1.96 bits per heavy atom. The first-order valence-electron chi connectivity index (χ1n) is 9.49. The number of nitrogens with zero attached hydrogens (tertiary/aromatic N) is 4. The standard InChI is InChI=1S/C20H30N6/c1-17-14-24-26(16-17)13-10-22-20(21-2)23-15-19(25-11-6-7-12-25)18-8-4-3-5-9-18/h3-5,8-9,14,16,19H,6-7,10-13,15H2,1-2H3,(H2,21,22,23). The van der Waals surface area contributed by atoms with E-state index in [-0.39, 0.29) is 0 Å². The second-order valence-electron chi connectivity index (χ2n) is 6.83. The van der Waals surface area contributed by atoms with Crippen molar-refractivity contribution in [3.63, 3.8) is 0 Å². The first-order chi connectivity index (χ1) is 12.8. The van der Waals surface area contributed by atoms with Gasteiger partial charge in [-0.3, -0.25) is 14.6 Å². The van der Waals surface area contributed by atoms with Gasteiger partial charge in [-0.25, -0.2) is 0 Å². The zero-order valence-electron chi connectivity index (χ0n) is 15.9. The summed E-state index contributed by atoms with van der Waals surface area (Å²) in [7, 11) is 1.82. The lowest BCUT2D eigenvalue weighted by molar-refractivity contribution is 0.245. The lowest BCUT2D eigenvalue weighted by Crippen LogP contribution is -2.43. The summed E-state index contributed by atoms with van der Waals surface area (Å²) in [4.78, 5) is 6.93. The van der Waals surface area contributed by atoms with Gasteiger partial charge >= 0.3 is 0 Å². The fraction of sp³-hybridized carbons (Fsp3) is 0.500. The van der Waals surface area contributed by atoms with Gasteiger partial charge in [0.15, 0.2) is 5.96 Å². The van der Waals surface area contributed by atoms with Crippen LogP contribution in [-0.4, -0.2) is 53.9 Å². The van der Waals surface area contributed by atoms with Crippen molar-refractivity contribution in [1.29, 1.82) is 0 Å². The van der Waals surface area contributed by atoms with E-state index < -0.39 is 0 Å². The van der Waals surface area contributed by atoms with Gasteiger partial charge in [0.25, 0.3) is 0 Å². The molecule has 6 heteroatoms. The van der Waals surface area contributed by atoms with Crippen LogP contribution in [-0.2, 0) is 6.54 Å². The Morgan fingerprint density at radius 1 is 1.19 bits per heavy atom. The minimum absolute atomic E-state index is 0.381. The summed E-state index contributed by atoms with van der Waals surface area (Å²) in [6, 6.07) is 11.2. The van der Waals surface area contributed by atoms with Crippen LogP contribution in [0.1, 0.15) is 30.0 Å². The van der Waals surface area contributed by atoms with Gasteiger partial charge < -0.3 is 10.6 Å². The highest BCUT2D eigenvalue weighted by molar-refractivity contribution is 5.79. The highest BCUT2D eigenvalue weighted by atomic mass is 15.3. The molecule has 1 aromatic heterocycles. The molecule has 0 spiro atoms. The zero-order valence-corrected chi connectivity index (χ0v) is 15.9. The molecule has 0 radical (unpaired) electrons. The molecule has 26 heavy (non-hydrogen) atoms. The summed E-state index contributed by atoms with van der Waals surface area (Å²) in [6.07, 6.45) is 6.52. The van der Waals surface area contributed by atoms with E-state index in [1.807, 2.05) is 17.9 Å². The molecule has 1 unspecified atom stereocenters. The van der Waals surface area contributed by atoms with E-state index in [1.165, 1.54) is 37.1 Å². The number of rotatable bonds is 7. The zero-order chi connectivity index (χ0) is 18.2. The van der Waals surface area contributed by atoms with Crippen LogP contribution in [0.15, 0.2) is 47.7 Å². The van der Waals surface area contributed by atoms with Gasteiger partial charge in [0.2, 0.25) is 0 Å². The Hall–Kier alpha value is -2.34. The van der Waals surface area contributed by atoms with Crippen LogP contribution in [0.25, 0.3) is 0 Å². The largest absolute Gasteiger partial charge is 0.355 e. The fourth-order valence-electron chi connectivity index (χ4n) is 3.48. The summed E-state index contributed by atoms with van der Waals surface area (Å²) in [5.74, 6) is 0.842. The number of aliphatic imine (C=N–C) groups is 1. The van der Waals surface area contributed by atoms with E-state index >= 15 is 0 Å². The minimum Gasteiger partial charge on any atom is -0.355 e. The van der Waals surface area contributed by atoms with Crippen molar-refractivity contribution in [3.05, 3.63) is 53.9 Å². The summed E-state index contributed by atoms with van der Waals surface area (Å²) in [6.45, 7) is 6.87. The monoisotopic (exact) mass is 354 g/mol. The normalized spacial score (nSPS) is 16.6. The number of hydrogen-bond acceptors (Lipinski definition) is 3. The minimum atomic E-state index is 0.381. The van der Waals surface area contributed by atoms with Crippen LogP contribution in [0.4, 0.5) is 0 Å². The first kappa shape index (κ1) is 18.5. The van der Waals surface area contributed by atoms with Crippen molar-refractivity contribution in [1.82, 2.24) is 25.3 Å². The molecule has 1 aliphatic rings. The second kappa shape index (κ2) is 9.38. The number of hydrogen-bond donors (Lipinski definition) is 2.